The maximum atomic E-state index is 13.4. The smallest absolute Gasteiger partial charge is 0.234 e. The van der Waals surface area contributed by atoms with Crippen molar-refractivity contribution in [2.75, 3.05) is 11.1 Å². The van der Waals surface area contributed by atoms with E-state index in [2.05, 4.69) is 15.5 Å². The number of anilines is 1. The normalized spacial score (nSPS) is 10.9. The van der Waals surface area contributed by atoms with Gasteiger partial charge < -0.3 is 5.32 Å². The highest BCUT2D eigenvalue weighted by molar-refractivity contribution is 7.99. The second-order valence-electron chi connectivity index (χ2n) is 6.95. The predicted octanol–water partition coefficient (Wildman–Crippen LogP) is 5.91. The first-order chi connectivity index (χ1) is 15.4. The number of aromatic nitrogens is 3. The fourth-order valence-corrected chi connectivity index (χ4v) is 3.85. The minimum absolute atomic E-state index is 0.00137. The molecule has 0 aliphatic carbocycles. The Morgan fingerprint density at radius 2 is 1.72 bits per heavy atom. The summed E-state index contributed by atoms with van der Waals surface area (Å²) in [6.45, 7) is 2.00. The monoisotopic (exact) mass is 470 g/mol. The summed E-state index contributed by atoms with van der Waals surface area (Å²) in [7, 11) is 0. The van der Waals surface area contributed by atoms with Crippen LogP contribution in [0.2, 0.25) is 5.02 Å². The molecular weight excluding hydrogens is 454 g/mol. The Hall–Kier alpha value is -3.23. The highest BCUT2D eigenvalue weighted by atomic mass is 35.5. The molecule has 0 saturated heterocycles. The summed E-state index contributed by atoms with van der Waals surface area (Å²) in [6.07, 6.45) is 0. The number of halogens is 3. The Morgan fingerprint density at radius 3 is 2.41 bits per heavy atom. The molecule has 4 rings (SSSR count). The van der Waals surface area contributed by atoms with Gasteiger partial charge in [-0.25, -0.2) is 8.78 Å². The van der Waals surface area contributed by atoms with E-state index >= 15 is 0 Å². The quantitative estimate of drug-likeness (QED) is 0.356. The van der Waals surface area contributed by atoms with Crippen LogP contribution in [-0.2, 0) is 4.79 Å². The van der Waals surface area contributed by atoms with Gasteiger partial charge >= 0.3 is 0 Å². The molecule has 0 radical (unpaired) electrons. The molecule has 1 amide bonds. The zero-order valence-corrected chi connectivity index (χ0v) is 18.4. The zero-order valence-electron chi connectivity index (χ0n) is 16.8. The molecule has 0 aliphatic heterocycles. The molecule has 0 fully saturated rings. The molecule has 32 heavy (non-hydrogen) atoms. The Kier molecular flexibility index (Phi) is 6.53. The van der Waals surface area contributed by atoms with Crippen LogP contribution in [0.3, 0.4) is 0 Å². The molecular formula is C23H17ClF2N4OS. The number of carbonyl (C=O) groups is 1. The Bertz CT molecular complexity index is 1260. The fourth-order valence-electron chi connectivity index (χ4n) is 2.98. The maximum absolute atomic E-state index is 13.4. The van der Waals surface area contributed by atoms with E-state index in [1.54, 1.807) is 12.1 Å². The van der Waals surface area contributed by atoms with Crippen molar-refractivity contribution in [2.45, 2.75) is 12.1 Å². The molecule has 1 heterocycles. The molecule has 1 N–H and O–H groups in total. The largest absolute Gasteiger partial charge is 0.325 e. The molecule has 3 aromatic carbocycles. The first kappa shape index (κ1) is 22.0. The lowest BCUT2D eigenvalue weighted by Crippen LogP contribution is -2.15. The van der Waals surface area contributed by atoms with Crippen LogP contribution >= 0.6 is 23.4 Å². The summed E-state index contributed by atoms with van der Waals surface area (Å²) in [5.74, 6) is -1.77. The van der Waals surface area contributed by atoms with Crippen LogP contribution in [0.4, 0.5) is 14.5 Å². The highest BCUT2D eigenvalue weighted by Crippen LogP contribution is 2.29. The minimum atomic E-state index is -1.03. The molecule has 0 spiro atoms. The van der Waals surface area contributed by atoms with Gasteiger partial charge in [0.2, 0.25) is 5.91 Å². The third-order valence-electron chi connectivity index (χ3n) is 4.56. The van der Waals surface area contributed by atoms with Gasteiger partial charge in [0, 0.05) is 28.0 Å². The molecule has 0 saturated carbocycles. The topological polar surface area (TPSA) is 59.8 Å². The SMILES string of the molecule is Cc1ccc(-c2nnc(SCC(=O)Nc3ccc(F)c(F)c3)n2-c2ccc(Cl)cc2)cc1. The van der Waals surface area contributed by atoms with E-state index in [0.29, 0.717) is 16.0 Å². The number of nitrogens with one attached hydrogen (secondary N) is 1. The fraction of sp³-hybridized carbons (Fsp3) is 0.0870. The number of carbonyl (C=O) groups excluding carboxylic acids is 1. The average Bonchev–Trinajstić information content (AvgIpc) is 3.20. The molecule has 5 nitrogen and oxygen atoms in total. The van der Waals surface area contributed by atoms with Gasteiger partial charge in [-0.05, 0) is 43.3 Å². The van der Waals surface area contributed by atoms with Gasteiger partial charge in [0.1, 0.15) is 0 Å². The number of nitrogens with zero attached hydrogens (tertiary/aromatic N) is 3. The van der Waals surface area contributed by atoms with Gasteiger partial charge in [0.05, 0.1) is 5.75 Å². The van der Waals surface area contributed by atoms with Gasteiger partial charge in [-0.15, -0.1) is 10.2 Å². The van der Waals surface area contributed by atoms with Gasteiger partial charge in [0.15, 0.2) is 22.6 Å². The van der Waals surface area contributed by atoms with Gasteiger partial charge in [0.25, 0.3) is 0 Å². The molecule has 0 aliphatic rings. The van der Waals surface area contributed by atoms with E-state index in [9.17, 15) is 13.6 Å². The summed E-state index contributed by atoms with van der Waals surface area (Å²) in [6, 6.07) is 18.3. The van der Waals surface area contributed by atoms with Gasteiger partial charge in [-0.3, -0.25) is 9.36 Å². The first-order valence-electron chi connectivity index (χ1n) is 9.57. The minimum Gasteiger partial charge on any atom is -0.325 e. The van der Waals surface area contributed by atoms with Crippen molar-refractivity contribution in [1.29, 1.82) is 0 Å². The van der Waals surface area contributed by atoms with Crippen molar-refractivity contribution in [3.05, 3.63) is 89.0 Å². The number of amides is 1. The van der Waals surface area contributed by atoms with Crippen LogP contribution in [0.25, 0.3) is 17.1 Å². The van der Waals surface area contributed by atoms with E-state index in [1.165, 1.54) is 17.8 Å². The lowest BCUT2D eigenvalue weighted by atomic mass is 10.1. The Balaban J connectivity index is 1.59. The summed E-state index contributed by atoms with van der Waals surface area (Å²) in [5.41, 5.74) is 2.96. The third-order valence-corrected chi connectivity index (χ3v) is 5.74. The van der Waals surface area contributed by atoms with E-state index in [-0.39, 0.29) is 17.3 Å². The Morgan fingerprint density at radius 1 is 1.00 bits per heavy atom. The average molecular weight is 471 g/mol. The number of thioether (sulfide) groups is 1. The van der Waals surface area contributed by atoms with Crippen molar-refractivity contribution in [3.8, 4) is 17.1 Å². The van der Waals surface area contributed by atoms with Crippen molar-refractivity contribution in [1.82, 2.24) is 14.8 Å². The lowest BCUT2D eigenvalue weighted by Gasteiger charge is -2.11. The summed E-state index contributed by atoms with van der Waals surface area (Å²) in [5, 5.41) is 12.3. The molecule has 4 aromatic rings. The lowest BCUT2D eigenvalue weighted by molar-refractivity contribution is -0.113. The second-order valence-corrected chi connectivity index (χ2v) is 8.33. The molecule has 0 bridgehead atoms. The van der Waals surface area contributed by atoms with Crippen molar-refractivity contribution in [3.63, 3.8) is 0 Å². The number of benzene rings is 3. The van der Waals surface area contributed by atoms with E-state index in [0.717, 1.165) is 28.9 Å². The van der Waals surface area contributed by atoms with Crippen molar-refractivity contribution < 1.29 is 13.6 Å². The van der Waals surface area contributed by atoms with Gasteiger partial charge in [-0.2, -0.15) is 0 Å². The molecule has 162 valence electrons. The van der Waals surface area contributed by atoms with Crippen LogP contribution in [0.15, 0.2) is 71.9 Å². The zero-order chi connectivity index (χ0) is 22.7. The van der Waals surface area contributed by atoms with E-state index < -0.39 is 11.6 Å². The highest BCUT2D eigenvalue weighted by Gasteiger charge is 2.17. The van der Waals surface area contributed by atoms with Crippen LogP contribution in [-0.4, -0.2) is 26.4 Å². The number of aryl methyl sites for hydroxylation is 1. The van der Waals surface area contributed by atoms with E-state index in [4.69, 9.17) is 11.6 Å². The van der Waals surface area contributed by atoms with Crippen LogP contribution in [0.5, 0.6) is 0 Å². The molecule has 1 aromatic heterocycles. The summed E-state index contributed by atoms with van der Waals surface area (Å²) >= 11 is 7.21. The van der Waals surface area contributed by atoms with Crippen LogP contribution < -0.4 is 5.32 Å². The standard InChI is InChI=1S/C23H17ClF2N4OS/c1-14-2-4-15(5-3-14)22-28-29-23(30(22)18-9-6-16(24)7-10-18)32-13-21(31)27-17-8-11-19(25)20(26)12-17/h2-12H,13H2,1H3,(H,27,31). The van der Waals surface area contributed by atoms with Crippen LogP contribution in [0, 0.1) is 18.6 Å². The third kappa shape index (κ3) is 4.98. The molecule has 0 unspecified atom stereocenters. The second kappa shape index (κ2) is 9.50. The van der Waals surface area contributed by atoms with Crippen molar-refractivity contribution >= 4 is 35.0 Å². The molecule has 0 atom stereocenters. The van der Waals surface area contributed by atoms with E-state index in [1.807, 2.05) is 47.9 Å². The number of rotatable bonds is 6. The number of hydrogen-bond donors (Lipinski definition) is 1. The Labute approximate surface area is 192 Å². The summed E-state index contributed by atoms with van der Waals surface area (Å²) in [4.78, 5) is 12.4. The summed E-state index contributed by atoms with van der Waals surface area (Å²) < 4.78 is 28.3. The maximum Gasteiger partial charge on any atom is 0.234 e. The van der Waals surface area contributed by atoms with Crippen molar-refractivity contribution in [2.24, 2.45) is 0 Å². The van der Waals surface area contributed by atoms with Gasteiger partial charge in [-0.1, -0.05) is 53.2 Å². The molecule has 9 heteroatoms. The van der Waals surface area contributed by atoms with Crippen LogP contribution in [0.1, 0.15) is 5.56 Å². The first-order valence-corrected chi connectivity index (χ1v) is 10.9. The number of hydrogen-bond acceptors (Lipinski definition) is 4. The predicted molar refractivity (Wildman–Crippen MR) is 122 cm³/mol.